The first-order chi connectivity index (χ1) is 13.7. The lowest BCUT2D eigenvalue weighted by atomic mass is 10.1. The third-order valence-corrected chi connectivity index (χ3v) is 6.13. The summed E-state index contributed by atoms with van der Waals surface area (Å²) in [6.07, 6.45) is 5.69. The van der Waals surface area contributed by atoms with Gasteiger partial charge in [-0.15, -0.1) is 11.3 Å². The van der Waals surface area contributed by atoms with Gasteiger partial charge in [-0.05, 0) is 50.0 Å². The van der Waals surface area contributed by atoms with Crippen molar-refractivity contribution in [2.45, 2.75) is 45.1 Å². The molecule has 0 aliphatic carbocycles. The molecule has 2 saturated heterocycles. The van der Waals surface area contributed by atoms with E-state index < -0.39 is 0 Å². The molecule has 0 spiro atoms. The van der Waals surface area contributed by atoms with Crippen LogP contribution in [-0.2, 0) is 22.6 Å². The zero-order valence-electron chi connectivity index (χ0n) is 16.0. The van der Waals surface area contributed by atoms with Crippen LogP contribution in [-0.4, -0.2) is 41.3 Å². The summed E-state index contributed by atoms with van der Waals surface area (Å²) in [4.78, 5) is 33.0. The Kier molecular flexibility index (Phi) is 6.02. The number of anilines is 2. The molecule has 3 heterocycles. The summed E-state index contributed by atoms with van der Waals surface area (Å²) in [5.74, 6) is 0.110. The Morgan fingerprint density at radius 3 is 2.57 bits per heavy atom. The van der Waals surface area contributed by atoms with Crippen LogP contribution in [0.5, 0.6) is 0 Å². The molecule has 1 aromatic carbocycles. The van der Waals surface area contributed by atoms with Crippen molar-refractivity contribution in [2.75, 3.05) is 29.9 Å². The lowest BCUT2D eigenvalue weighted by molar-refractivity contribution is -0.117. The highest BCUT2D eigenvalue weighted by atomic mass is 32.1. The van der Waals surface area contributed by atoms with Crippen molar-refractivity contribution in [1.82, 2.24) is 9.88 Å². The van der Waals surface area contributed by atoms with Gasteiger partial charge in [0.15, 0.2) is 5.13 Å². The van der Waals surface area contributed by atoms with Crippen LogP contribution >= 0.6 is 11.3 Å². The molecule has 28 heavy (non-hydrogen) atoms. The number of rotatable bonds is 6. The van der Waals surface area contributed by atoms with Gasteiger partial charge in [0, 0.05) is 30.6 Å². The number of amides is 2. The minimum Gasteiger partial charge on any atom is -0.312 e. The van der Waals surface area contributed by atoms with Gasteiger partial charge in [0.1, 0.15) is 0 Å². The van der Waals surface area contributed by atoms with Gasteiger partial charge >= 0.3 is 0 Å². The number of hydrogen-bond acceptors (Lipinski definition) is 5. The zero-order chi connectivity index (χ0) is 19.3. The first kappa shape index (κ1) is 19.1. The van der Waals surface area contributed by atoms with Crippen LogP contribution in [0.2, 0.25) is 0 Å². The second kappa shape index (κ2) is 8.84. The highest BCUT2D eigenvalue weighted by molar-refractivity contribution is 7.13. The molecule has 0 radical (unpaired) electrons. The smallest absolute Gasteiger partial charge is 0.230 e. The molecule has 7 heteroatoms. The number of nitrogens with zero attached hydrogens (tertiary/aromatic N) is 3. The van der Waals surface area contributed by atoms with Crippen molar-refractivity contribution in [3.63, 3.8) is 0 Å². The number of nitrogens with one attached hydrogen (secondary N) is 1. The van der Waals surface area contributed by atoms with E-state index in [4.69, 9.17) is 0 Å². The van der Waals surface area contributed by atoms with Gasteiger partial charge in [0.05, 0.1) is 12.1 Å². The molecule has 2 aromatic rings. The van der Waals surface area contributed by atoms with E-state index >= 15 is 0 Å². The van der Waals surface area contributed by atoms with E-state index in [0.29, 0.717) is 18.0 Å². The maximum atomic E-state index is 12.4. The average Bonchev–Trinajstić information content (AvgIpc) is 3.32. The number of carbonyl (C=O) groups is 2. The summed E-state index contributed by atoms with van der Waals surface area (Å²) >= 11 is 1.48. The van der Waals surface area contributed by atoms with Gasteiger partial charge < -0.3 is 10.2 Å². The van der Waals surface area contributed by atoms with E-state index in [2.05, 4.69) is 15.2 Å². The fraction of sp³-hybridized carbons (Fsp3) is 0.476. The molecule has 148 valence electrons. The van der Waals surface area contributed by atoms with E-state index in [1.807, 2.05) is 34.5 Å². The Hall–Kier alpha value is -2.25. The standard InChI is InChI=1S/C21H26N4O2S/c26-19(13-16-6-8-18(9-7-16)25-12-4-5-20(25)27)23-21-22-17(15-28-21)14-24-10-2-1-3-11-24/h6-9,15H,1-5,10-14H2,(H,22,23,26). The van der Waals surface area contributed by atoms with Gasteiger partial charge in [-0.2, -0.15) is 0 Å². The third-order valence-electron chi connectivity index (χ3n) is 5.32. The lowest BCUT2D eigenvalue weighted by Crippen LogP contribution is -2.29. The normalized spacial score (nSPS) is 17.9. The molecule has 1 N–H and O–H groups in total. The SMILES string of the molecule is O=C(Cc1ccc(N2CCCC2=O)cc1)Nc1nc(CN2CCCCC2)cs1. The monoisotopic (exact) mass is 398 g/mol. The van der Waals surface area contributed by atoms with E-state index in [0.717, 1.165) is 49.5 Å². The summed E-state index contributed by atoms with van der Waals surface area (Å²) in [5.41, 5.74) is 2.87. The van der Waals surface area contributed by atoms with Crippen molar-refractivity contribution >= 4 is 34.0 Å². The average molecular weight is 399 g/mol. The largest absolute Gasteiger partial charge is 0.312 e. The van der Waals surface area contributed by atoms with Crippen molar-refractivity contribution in [3.8, 4) is 0 Å². The maximum Gasteiger partial charge on any atom is 0.230 e. The predicted molar refractivity (Wildman–Crippen MR) is 112 cm³/mol. The van der Waals surface area contributed by atoms with Crippen molar-refractivity contribution < 1.29 is 9.59 Å². The van der Waals surface area contributed by atoms with Crippen LogP contribution in [0.1, 0.15) is 43.4 Å². The van der Waals surface area contributed by atoms with Crippen molar-refractivity contribution in [1.29, 1.82) is 0 Å². The minimum atomic E-state index is -0.0659. The van der Waals surface area contributed by atoms with Crippen molar-refractivity contribution in [2.24, 2.45) is 0 Å². The fourth-order valence-electron chi connectivity index (χ4n) is 3.85. The number of aromatic nitrogens is 1. The molecule has 2 aliphatic heterocycles. The van der Waals surface area contributed by atoms with E-state index in [-0.39, 0.29) is 11.8 Å². The summed E-state index contributed by atoms with van der Waals surface area (Å²) in [5, 5.41) is 5.61. The van der Waals surface area contributed by atoms with Gasteiger partial charge in [0.2, 0.25) is 11.8 Å². The van der Waals surface area contributed by atoms with Crippen molar-refractivity contribution in [3.05, 3.63) is 40.9 Å². The lowest BCUT2D eigenvalue weighted by Gasteiger charge is -2.25. The summed E-state index contributed by atoms with van der Waals surface area (Å²) < 4.78 is 0. The molecular formula is C21H26N4O2S. The Bertz CT molecular complexity index is 827. The summed E-state index contributed by atoms with van der Waals surface area (Å²) in [7, 11) is 0. The first-order valence-electron chi connectivity index (χ1n) is 10.0. The van der Waals surface area contributed by atoms with E-state index in [1.54, 1.807) is 0 Å². The Morgan fingerprint density at radius 1 is 1.07 bits per heavy atom. The molecule has 0 bridgehead atoms. The van der Waals surface area contributed by atoms with Crippen LogP contribution in [0.25, 0.3) is 0 Å². The molecule has 2 aliphatic rings. The highest BCUT2D eigenvalue weighted by Gasteiger charge is 2.21. The number of carbonyl (C=O) groups excluding carboxylic acids is 2. The molecule has 0 unspecified atom stereocenters. The molecule has 2 amide bonds. The number of thiazole rings is 1. The van der Waals surface area contributed by atoms with Crippen LogP contribution in [0, 0.1) is 0 Å². The predicted octanol–water partition coefficient (Wildman–Crippen LogP) is 3.44. The van der Waals surface area contributed by atoms with Gasteiger partial charge in [0.25, 0.3) is 0 Å². The quantitative estimate of drug-likeness (QED) is 0.810. The van der Waals surface area contributed by atoms with Crippen LogP contribution in [0.3, 0.4) is 0 Å². The highest BCUT2D eigenvalue weighted by Crippen LogP contribution is 2.22. The Balaban J connectivity index is 1.29. The minimum absolute atomic E-state index is 0.0659. The molecule has 0 saturated carbocycles. The number of benzene rings is 1. The molecule has 4 rings (SSSR count). The van der Waals surface area contributed by atoms with Crippen LogP contribution in [0.4, 0.5) is 10.8 Å². The molecule has 0 atom stereocenters. The van der Waals surface area contributed by atoms with E-state index in [9.17, 15) is 9.59 Å². The second-order valence-corrected chi connectivity index (χ2v) is 8.38. The molecule has 1 aromatic heterocycles. The maximum absolute atomic E-state index is 12.4. The van der Waals surface area contributed by atoms with Crippen LogP contribution < -0.4 is 10.2 Å². The van der Waals surface area contributed by atoms with Gasteiger partial charge in [-0.1, -0.05) is 18.6 Å². The fourth-order valence-corrected chi connectivity index (χ4v) is 4.56. The molecular weight excluding hydrogens is 372 g/mol. The van der Waals surface area contributed by atoms with E-state index in [1.165, 1.54) is 30.6 Å². The zero-order valence-corrected chi connectivity index (χ0v) is 16.8. The summed E-state index contributed by atoms with van der Waals surface area (Å²) in [6, 6.07) is 7.69. The number of likely N-dealkylation sites (tertiary alicyclic amines) is 1. The molecule has 6 nitrogen and oxygen atoms in total. The van der Waals surface area contributed by atoms with Gasteiger partial charge in [-0.25, -0.2) is 4.98 Å². The van der Waals surface area contributed by atoms with Crippen LogP contribution in [0.15, 0.2) is 29.6 Å². The Morgan fingerprint density at radius 2 is 1.86 bits per heavy atom. The topological polar surface area (TPSA) is 65.5 Å². The Labute approximate surface area is 169 Å². The molecule has 2 fully saturated rings. The number of piperidine rings is 1. The number of hydrogen-bond donors (Lipinski definition) is 1. The summed E-state index contributed by atoms with van der Waals surface area (Å²) in [6.45, 7) is 3.92. The third kappa shape index (κ3) is 4.77. The second-order valence-electron chi connectivity index (χ2n) is 7.52. The first-order valence-corrected chi connectivity index (χ1v) is 10.9. The van der Waals surface area contributed by atoms with Gasteiger partial charge in [-0.3, -0.25) is 14.5 Å².